The lowest BCUT2D eigenvalue weighted by Gasteiger charge is -2.12. The van der Waals surface area contributed by atoms with Crippen molar-refractivity contribution in [1.29, 1.82) is 0 Å². The molecular formula is C18H20N6O2. The third kappa shape index (κ3) is 4.56. The minimum atomic E-state index is -0.214. The molecule has 0 aliphatic heterocycles. The highest BCUT2D eigenvalue weighted by molar-refractivity contribution is 5.91. The fourth-order valence-corrected chi connectivity index (χ4v) is 2.32. The lowest BCUT2D eigenvalue weighted by atomic mass is 10.2. The summed E-state index contributed by atoms with van der Waals surface area (Å²) in [7, 11) is 1.75. The van der Waals surface area contributed by atoms with Crippen molar-refractivity contribution in [2.75, 3.05) is 17.2 Å². The average molecular weight is 352 g/mol. The van der Waals surface area contributed by atoms with Gasteiger partial charge < -0.3 is 15.4 Å². The number of hydrogen-bond acceptors (Lipinski definition) is 6. The zero-order valence-corrected chi connectivity index (χ0v) is 14.6. The van der Waals surface area contributed by atoms with E-state index in [0.29, 0.717) is 18.2 Å². The van der Waals surface area contributed by atoms with Crippen LogP contribution in [0, 0.1) is 6.92 Å². The Kier molecular flexibility index (Phi) is 5.43. The minimum absolute atomic E-state index is 0.0730. The van der Waals surface area contributed by atoms with Crippen LogP contribution < -0.4 is 15.4 Å². The molecule has 26 heavy (non-hydrogen) atoms. The summed E-state index contributed by atoms with van der Waals surface area (Å²) in [4.78, 5) is 12.1. The molecule has 0 saturated heterocycles. The number of carbonyl (C=O) groups excluding carboxylic acids is 1. The molecule has 8 nitrogen and oxygen atoms in total. The van der Waals surface area contributed by atoms with E-state index >= 15 is 0 Å². The first-order valence-electron chi connectivity index (χ1n) is 8.15. The first-order valence-corrected chi connectivity index (χ1v) is 8.15. The lowest BCUT2D eigenvalue weighted by Crippen LogP contribution is -2.20. The van der Waals surface area contributed by atoms with E-state index in [-0.39, 0.29) is 12.5 Å². The van der Waals surface area contributed by atoms with Crippen molar-refractivity contribution in [2.45, 2.75) is 13.5 Å². The van der Waals surface area contributed by atoms with Crippen molar-refractivity contribution in [3.63, 3.8) is 0 Å². The van der Waals surface area contributed by atoms with E-state index in [2.05, 4.69) is 26.2 Å². The van der Waals surface area contributed by atoms with E-state index in [4.69, 9.17) is 4.74 Å². The number of aryl methyl sites for hydroxylation is 2. The molecule has 1 amide bonds. The lowest BCUT2D eigenvalue weighted by molar-refractivity contribution is -0.118. The molecule has 0 atom stereocenters. The quantitative estimate of drug-likeness (QED) is 0.677. The maximum atomic E-state index is 12.1. The van der Waals surface area contributed by atoms with Gasteiger partial charge in [-0.2, -0.15) is 0 Å². The smallest absolute Gasteiger partial charge is 0.262 e. The number of para-hydroxylation sites is 1. The second-order valence-corrected chi connectivity index (χ2v) is 5.79. The van der Waals surface area contributed by atoms with Crippen molar-refractivity contribution in [2.24, 2.45) is 7.05 Å². The molecule has 0 aliphatic rings. The number of rotatable bonds is 7. The Morgan fingerprint density at radius 3 is 2.65 bits per heavy atom. The number of ether oxygens (including phenoxy) is 1. The fourth-order valence-electron chi connectivity index (χ4n) is 2.32. The van der Waals surface area contributed by atoms with Crippen molar-refractivity contribution in [3.8, 4) is 5.75 Å². The van der Waals surface area contributed by atoms with Crippen molar-refractivity contribution in [3.05, 3.63) is 59.7 Å². The number of benzene rings is 2. The fraction of sp³-hybridized carbons (Fsp3) is 0.222. The van der Waals surface area contributed by atoms with Crippen LogP contribution in [-0.4, -0.2) is 32.7 Å². The molecule has 3 rings (SSSR count). The predicted octanol–water partition coefficient (Wildman–Crippen LogP) is 2.15. The average Bonchev–Trinajstić information content (AvgIpc) is 3.06. The molecule has 2 N–H and O–H groups in total. The summed E-state index contributed by atoms with van der Waals surface area (Å²) in [6.07, 6.45) is 0. The number of amides is 1. The van der Waals surface area contributed by atoms with E-state index in [0.717, 1.165) is 16.8 Å². The number of hydrogen-bond donors (Lipinski definition) is 2. The van der Waals surface area contributed by atoms with Crippen LogP contribution in [0.2, 0.25) is 0 Å². The first-order chi connectivity index (χ1) is 12.6. The highest BCUT2D eigenvalue weighted by Gasteiger charge is 2.08. The molecule has 8 heteroatoms. The number of anilines is 2. The molecule has 0 radical (unpaired) electrons. The second kappa shape index (κ2) is 8.11. The van der Waals surface area contributed by atoms with Gasteiger partial charge in [-0.05, 0) is 35.5 Å². The summed E-state index contributed by atoms with van der Waals surface area (Å²) in [5.74, 6) is 0.972. The van der Waals surface area contributed by atoms with Crippen LogP contribution in [-0.2, 0) is 18.4 Å². The van der Waals surface area contributed by atoms with Gasteiger partial charge in [0.2, 0.25) is 5.95 Å². The molecule has 1 heterocycles. The number of nitrogens with one attached hydrogen (secondary N) is 2. The summed E-state index contributed by atoms with van der Waals surface area (Å²) in [6, 6.07) is 15.1. The summed E-state index contributed by atoms with van der Waals surface area (Å²) >= 11 is 0. The highest BCUT2D eigenvalue weighted by Crippen LogP contribution is 2.19. The molecule has 3 aromatic rings. The Hall–Kier alpha value is -3.42. The summed E-state index contributed by atoms with van der Waals surface area (Å²) in [5, 5.41) is 17.2. The van der Waals surface area contributed by atoms with Gasteiger partial charge >= 0.3 is 0 Å². The van der Waals surface area contributed by atoms with Gasteiger partial charge in [0.15, 0.2) is 6.61 Å². The third-order valence-corrected chi connectivity index (χ3v) is 3.72. The van der Waals surface area contributed by atoms with Crippen LogP contribution in [0.5, 0.6) is 5.75 Å². The van der Waals surface area contributed by atoms with Gasteiger partial charge in [0, 0.05) is 24.8 Å². The molecule has 0 fully saturated rings. The van der Waals surface area contributed by atoms with Crippen molar-refractivity contribution in [1.82, 2.24) is 20.2 Å². The zero-order valence-electron chi connectivity index (χ0n) is 14.6. The summed E-state index contributed by atoms with van der Waals surface area (Å²) in [5.41, 5.74) is 2.78. The van der Waals surface area contributed by atoms with Gasteiger partial charge in [0.25, 0.3) is 5.91 Å². The first kappa shape index (κ1) is 17.4. The van der Waals surface area contributed by atoms with Crippen LogP contribution in [0.25, 0.3) is 0 Å². The molecule has 2 aromatic carbocycles. The molecule has 0 spiro atoms. The van der Waals surface area contributed by atoms with Gasteiger partial charge in [0.1, 0.15) is 5.75 Å². The predicted molar refractivity (Wildman–Crippen MR) is 97.9 cm³/mol. The molecule has 134 valence electrons. The van der Waals surface area contributed by atoms with Crippen LogP contribution in [0.15, 0.2) is 48.5 Å². The maximum absolute atomic E-state index is 12.1. The van der Waals surface area contributed by atoms with Crippen LogP contribution in [0.3, 0.4) is 0 Å². The Morgan fingerprint density at radius 2 is 1.92 bits per heavy atom. The Morgan fingerprint density at radius 1 is 1.15 bits per heavy atom. The molecule has 0 saturated carbocycles. The third-order valence-electron chi connectivity index (χ3n) is 3.72. The van der Waals surface area contributed by atoms with Gasteiger partial charge in [-0.3, -0.25) is 4.79 Å². The Labute approximate surface area is 151 Å². The monoisotopic (exact) mass is 352 g/mol. The normalized spacial score (nSPS) is 10.4. The Balaban J connectivity index is 1.56. The number of carbonyl (C=O) groups is 1. The van der Waals surface area contributed by atoms with Gasteiger partial charge in [-0.25, -0.2) is 4.68 Å². The SMILES string of the molecule is Cc1ccc(NC(=O)COc2ccccc2CNc2nnnn2C)cc1. The van der Waals surface area contributed by atoms with Crippen LogP contribution in [0.4, 0.5) is 11.6 Å². The molecule has 0 aliphatic carbocycles. The standard InChI is InChI=1S/C18H20N6O2/c1-13-7-9-15(10-8-13)20-17(25)12-26-16-6-4-3-5-14(16)11-19-18-21-22-23-24(18)2/h3-10H,11-12H2,1-2H3,(H,20,25)(H,19,21,23). The maximum Gasteiger partial charge on any atom is 0.262 e. The Bertz CT molecular complexity index is 875. The van der Waals surface area contributed by atoms with E-state index in [1.165, 1.54) is 0 Å². The summed E-state index contributed by atoms with van der Waals surface area (Å²) < 4.78 is 7.22. The number of nitrogens with zero attached hydrogens (tertiary/aromatic N) is 4. The van der Waals surface area contributed by atoms with E-state index in [1.807, 2.05) is 55.5 Å². The number of tetrazole rings is 1. The zero-order chi connectivity index (χ0) is 18.4. The van der Waals surface area contributed by atoms with Crippen molar-refractivity contribution >= 4 is 17.5 Å². The molecule has 1 aromatic heterocycles. The second-order valence-electron chi connectivity index (χ2n) is 5.79. The van der Waals surface area contributed by atoms with Crippen molar-refractivity contribution < 1.29 is 9.53 Å². The van der Waals surface area contributed by atoms with Crippen LogP contribution >= 0.6 is 0 Å². The van der Waals surface area contributed by atoms with Gasteiger partial charge in [0.05, 0.1) is 0 Å². The topological polar surface area (TPSA) is 94.0 Å². The van der Waals surface area contributed by atoms with Crippen LogP contribution in [0.1, 0.15) is 11.1 Å². The minimum Gasteiger partial charge on any atom is -0.483 e. The summed E-state index contributed by atoms with van der Waals surface area (Å²) in [6.45, 7) is 2.40. The van der Waals surface area contributed by atoms with E-state index < -0.39 is 0 Å². The van der Waals surface area contributed by atoms with E-state index in [9.17, 15) is 4.79 Å². The van der Waals surface area contributed by atoms with Gasteiger partial charge in [-0.15, -0.1) is 0 Å². The largest absolute Gasteiger partial charge is 0.483 e. The van der Waals surface area contributed by atoms with E-state index in [1.54, 1.807) is 11.7 Å². The highest BCUT2D eigenvalue weighted by atomic mass is 16.5. The molecular weight excluding hydrogens is 332 g/mol. The van der Waals surface area contributed by atoms with Gasteiger partial charge in [-0.1, -0.05) is 41.0 Å². The molecule has 0 unspecified atom stereocenters. The molecule has 0 bridgehead atoms. The number of aromatic nitrogens is 4.